The Morgan fingerprint density at radius 1 is 1.43 bits per heavy atom. The first-order chi connectivity index (χ1) is 6.55. The summed E-state index contributed by atoms with van der Waals surface area (Å²) in [6.07, 6.45) is 0.978. The second kappa shape index (κ2) is 2.99. The zero-order chi connectivity index (χ0) is 10.3. The predicted molar refractivity (Wildman–Crippen MR) is 57.7 cm³/mol. The van der Waals surface area contributed by atoms with Gasteiger partial charge in [-0.1, -0.05) is 19.9 Å². The van der Waals surface area contributed by atoms with Gasteiger partial charge in [0.05, 0.1) is 7.11 Å². The highest BCUT2D eigenvalue weighted by Crippen LogP contribution is 2.39. The lowest BCUT2D eigenvalue weighted by atomic mass is 9.83. The van der Waals surface area contributed by atoms with Crippen molar-refractivity contribution in [2.75, 3.05) is 7.11 Å². The normalized spacial score (nSPS) is 23.3. The van der Waals surface area contributed by atoms with E-state index in [0.717, 1.165) is 12.2 Å². The lowest BCUT2D eigenvalue weighted by molar-refractivity contribution is 0.409. The molecule has 2 rings (SSSR count). The SMILES string of the molecule is COc1ccc2c(c1)C(C)(C)C(N)C2. The van der Waals surface area contributed by atoms with Gasteiger partial charge in [-0.3, -0.25) is 0 Å². The van der Waals surface area contributed by atoms with Crippen LogP contribution in [0, 0.1) is 0 Å². The minimum atomic E-state index is 0.0733. The quantitative estimate of drug-likeness (QED) is 0.735. The van der Waals surface area contributed by atoms with Crippen LogP contribution >= 0.6 is 0 Å². The van der Waals surface area contributed by atoms with Crippen LogP contribution in [0.5, 0.6) is 5.75 Å². The third kappa shape index (κ3) is 1.22. The molecular weight excluding hydrogens is 174 g/mol. The van der Waals surface area contributed by atoms with E-state index in [1.165, 1.54) is 11.1 Å². The van der Waals surface area contributed by atoms with E-state index >= 15 is 0 Å². The molecule has 2 nitrogen and oxygen atoms in total. The number of hydrogen-bond donors (Lipinski definition) is 1. The molecule has 0 radical (unpaired) electrons. The smallest absolute Gasteiger partial charge is 0.119 e. The molecule has 14 heavy (non-hydrogen) atoms. The predicted octanol–water partition coefficient (Wildman–Crippen LogP) is 1.86. The van der Waals surface area contributed by atoms with Crippen molar-refractivity contribution in [3.63, 3.8) is 0 Å². The van der Waals surface area contributed by atoms with Crippen molar-refractivity contribution in [2.45, 2.75) is 31.7 Å². The molecule has 0 spiro atoms. The third-order valence-electron chi connectivity index (χ3n) is 3.38. The topological polar surface area (TPSA) is 35.2 Å². The minimum absolute atomic E-state index is 0.0733. The number of methoxy groups -OCH3 is 1. The molecule has 76 valence electrons. The van der Waals surface area contributed by atoms with E-state index in [1.807, 2.05) is 6.07 Å². The van der Waals surface area contributed by atoms with Crippen LogP contribution in [-0.4, -0.2) is 13.2 Å². The van der Waals surface area contributed by atoms with E-state index in [1.54, 1.807) is 7.11 Å². The van der Waals surface area contributed by atoms with Gasteiger partial charge >= 0.3 is 0 Å². The van der Waals surface area contributed by atoms with E-state index in [-0.39, 0.29) is 11.5 Å². The van der Waals surface area contributed by atoms with Gasteiger partial charge in [-0.25, -0.2) is 0 Å². The molecule has 0 saturated carbocycles. The van der Waals surface area contributed by atoms with Gasteiger partial charge in [0, 0.05) is 11.5 Å². The Hall–Kier alpha value is -1.02. The van der Waals surface area contributed by atoms with Gasteiger partial charge in [0.1, 0.15) is 5.75 Å². The minimum Gasteiger partial charge on any atom is -0.497 e. The van der Waals surface area contributed by atoms with Crippen molar-refractivity contribution >= 4 is 0 Å². The van der Waals surface area contributed by atoms with Crippen molar-refractivity contribution in [2.24, 2.45) is 5.73 Å². The maximum atomic E-state index is 6.11. The van der Waals surface area contributed by atoms with Gasteiger partial charge in [-0.05, 0) is 29.7 Å². The van der Waals surface area contributed by atoms with E-state index in [9.17, 15) is 0 Å². The van der Waals surface area contributed by atoms with Crippen LogP contribution in [0.4, 0.5) is 0 Å². The molecule has 0 heterocycles. The molecule has 1 aromatic carbocycles. The van der Waals surface area contributed by atoms with Crippen LogP contribution in [0.3, 0.4) is 0 Å². The van der Waals surface area contributed by atoms with E-state index in [2.05, 4.69) is 26.0 Å². The van der Waals surface area contributed by atoms with Crippen LogP contribution in [0.1, 0.15) is 25.0 Å². The van der Waals surface area contributed by atoms with Gasteiger partial charge < -0.3 is 10.5 Å². The molecule has 1 aliphatic rings. The maximum Gasteiger partial charge on any atom is 0.119 e. The van der Waals surface area contributed by atoms with Gasteiger partial charge in [0.2, 0.25) is 0 Å². The fraction of sp³-hybridized carbons (Fsp3) is 0.500. The van der Waals surface area contributed by atoms with E-state index in [0.29, 0.717) is 0 Å². The summed E-state index contributed by atoms with van der Waals surface area (Å²) >= 11 is 0. The fourth-order valence-corrected chi connectivity index (χ4v) is 2.15. The molecule has 2 N–H and O–H groups in total. The van der Waals surface area contributed by atoms with Crippen LogP contribution in [0.2, 0.25) is 0 Å². The Kier molecular flexibility index (Phi) is 2.04. The van der Waals surface area contributed by atoms with Crippen LogP contribution in [0.15, 0.2) is 18.2 Å². The summed E-state index contributed by atoms with van der Waals surface area (Å²) in [6.45, 7) is 4.39. The zero-order valence-corrected chi connectivity index (χ0v) is 9.00. The zero-order valence-electron chi connectivity index (χ0n) is 9.00. The van der Waals surface area contributed by atoms with Crippen molar-refractivity contribution in [1.29, 1.82) is 0 Å². The van der Waals surface area contributed by atoms with Crippen molar-refractivity contribution in [3.05, 3.63) is 29.3 Å². The molecule has 0 amide bonds. The summed E-state index contributed by atoms with van der Waals surface area (Å²) in [4.78, 5) is 0. The first-order valence-corrected chi connectivity index (χ1v) is 4.98. The molecule has 1 aliphatic carbocycles. The molecule has 1 unspecified atom stereocenters. The summed E-state index contributed by atoms with van der Waals surface area (Å²) in [6, 6.07) is 6.47. The molecule has 1 aromatic rings. The Morgan fingerprint density at radius 2 is 2.14 bits per heavy atom. The first kappa shape index (κ1) is 9.53. The number of hydrogen-bond acceptors (Lipinski definition) is 2. The summed E-state index contributed by atoms with van der Waals surface area (Å²) < 4.78 is 5.23. The lowest BCUT2D eigenvalue weighted by Gasteiger charge is -2.25. The average molecular weight is 191 g/mol. The maximum absolute atomic E-state index is 6.11. The van der Waals surface area contributed by atoms with Crippen molar-refractivity contribution in [1.82, 2.24) is 0 Å². The number of ether oxygens (including phenoxy) is 1. The molecule has 0 fully saturated rings. The summed E-state index contributed by atoms with van der Waals surface area (Å²) in [5, 5.41) is 0. The van der Waals surface area contributed by atoms with Crippen LogP contribution < -0.4 is 10.5 Å². The Balaban J connectivity index is 2.51. The summed E-state index contributed by atoms with van der Waals surface area (Å²) in [5.74, 6) is 0.922. The molecule has 0 aromatic heterocycles. The van der Waals surface area contributed by atoms with Gasteiger partial charge in [-0.15, -0.1) is 0 Å². The third-order valence-corrected chi connectivity index (χ3v) is 3.38. The van der Waals surface area contributed by atoms with Gasteiger partial charge in [-0.2, -0.15) is 0 Å². The summed E-state index contributed by atoms with van der Waals surface area (Å²) in [5.41, 5.74) is 8.89. The average Bonchev–Trinajstić information content (AvgIpc) is 2.38. The highest BCUT2D eigenvalue weighted by atomic mass is 16.5. The van der Waals surface area contributed by atoms with Gasteiger partial charge in [0.25, 0.3) is 0 Å². The van der Waals surface area contributed by atoms with E-state index in [4.69, 9.17) is 10.5 Å². The molecule has 0 bridgehead atoms. The Labute approximate surface area is 85.1 Å². The highest BCUT2D eigenvalue weighted by Gasteiger charge is 2.37. The molecule has 0 saturated heterocycles. The fourth-order valence-electron chi connectivity index (χ4n) is 2.15. The lowest BCUT2D eigenvalue weighted by Crippen LogP contribution is -2.36. The van der Waals surface area contributed by atoms with Gasteiger partial charge in [0.15, 0.2) is 0 Å². The number of nitrogens with two attached hydrogens (primary N) is 1. The molecule has 1 atom stereocenters. The van der Waals surface area contributed by atoms with Crippen molar-refractivity contribution in [3.8, 4) is 5.75 Å². The summed E-state index contributed by atoms with van der Waals surface area (Å²) in [7, 11) is 1.70. The molecule has 0 aliphatic heterocycles. The Bertz CT molecular complexity index is 357. The molecular formula is C12H17NO. The van der Waals surface area contributed by atoms with Crippen molar-refractivity contribution < 1.29 is 4.74 Å². The molecule has 2 heteroatoms. The van der Waals surface area contributed by atoms with Crippen LogP contribution in [-0.2, 0) is 11.8 Å². The number of rotatable bonds is 1. The number of fused-ring (bicyclic) bond motifs is 1. The monoisotopic (exact) mass is 191 g/mol. The Morgan fingerprint density at radius 3 is 2.79 bits per heavy atom. The first-order valence-electron chi connectivity index (χ1n) is 4.98. The largest absolute Gasteiger partial charge is 0.497 e. The number of benzene rings is 1. The van der Waals surface area contributed by atoms with Crippen LogP contribution in [0.25, 0.3) is 0 Å². The standard InChI is InChI=1S/C12H17NO/c1-12(2)10-7-9(14-3)5-4-8(10)6-11(12)13/h4-5,7,11H,6,13H2,1-3H3. The van der Waals surface area contributed by atoms with E-state index < -0.39 is 0 Å². The second-order valence-electron chi connectivity index (χ2n) is 4.56. The highest BCUT2D eigenvalue weighted by molar-refractivity contribution is 5.45. The second-order valence-corrected chi connectivity index (χ2v) is 4.56.